The van der Waals surface area contributed by atoms with E-state index < -0.39 is 11.7 Å². The second-order valence-corrected chi connectivity index (χ2v) is 4.69. The third-order valence-corrected chi connectivity index (χ3v) is 3.16. The molecule has 106 valence electrons. The predicted molar refractivity (Wildman–Crippen MR) is 79.0 cm³/mol. The first-order valence-corrected chi connectivity index (χ1v) is 6.37. The van der Waals surface area contributed by atoms with Gasteiger partial charge in [-0.3, -0.25) is 4.79 Å². The second-order valence-electron chi connectivity index (χ2n) is 4.69. The molecule has 0 radical (unpaired) electrons. The van der Waals surface area contributed by atoms with E-state index in [0.717, 1.165) is 11.6 Å². The highest BCUT2D eigenvalue weighted by atomic mass is 19.1. The number of nitrogens with zero attached hydrogens (tertiary/aromatic N) is 1. The van der Waals surface area contributed by atoms with Gasteiger partial charge in [0, 0.05) is 5.69 Å². The number of benzene rings is 2. The molecule has 3 N–H and O–H groups in total. The van der Waals surface area contributed by atoms with Crippen LogP contribution >= 0.6 is 0 Å². The molecule has 0 aromatic heterocycles. The molecular weight excluding hydrogens is 269 g/mol. The van der Waals surface area contributed by atoms with Crippen LogP contribution in [0, 0.1) is 17.1 Å². The number of amides is 1. The van der Waals surface area contributed by atoms with Crippen LogP contribution in [0.4, 0.5) is 15.8 Å². The Kier molecular flexibility index (Phi) is 4.19. The van der Waals surface area contributed by atoms with Gasteiger partial charge in [0.2, 0.25) is 5.91 Å². The summed E-state index contributed by atoms with van der Waals surface area (Å²) >= 11 is 0. The summed E-state index contributed by atoms with van der Waals surface area (Å²) in [5.74, 6) is -1.45. The molecule has 0 saturated heterocycles. The van der Waals surface area contributed by atoms with Crippen molar-refractivity contribution in [2.24, 2.45) is 0 Å². The summed E-state index contributed by atoms with van der Waals surface area (Å²) in [6, 6.07) is 12.7. The maximum atomic E-state index is 13.7. The summed E-state index contributed by atoms with van der Waals surface area (Å²) in [6.07, 6.45) is 0. The molecule has 0 aliphatic rings. The fourth-order valence-electron chi connectivity index (χ4n) is 1.91. The van der Waals surface area contributed by atoms with Gasteiger partial charge < -0.3 is 11.1 Å². The molecule has 1 amide bonds. The molecule has 0 bridgehead atoms. The Bertz CT molecular complexity index is 722. The predicted octanol–water partition coefficient (Wildman–Crippen LogP) is 3.02. The fraction of sp³-hybridized carbons (Fsp3) is 0.125. The number of halogens is 1. The zero-order chi connectivity index (χ0) is 15.4. The number of hydrogen-bond acceptors (Lipinski definition) is 3. The van der Waals surface area contributed by atoms with E-state index in [1.165, 1.54) is 12.1 Å². The van der Waals surface area contributed by atoms with Crippen LogP contribution in [-0.4, -0.2) is 5.91 Å². The summed E-state index contributed by atoms with van der Waals surface area (Å²) in [6.45, 7) is 1.71. The van der Waals surface area contributed by atoms with Crippen LogP contribution in [0.25, 0.3) is 0 Å². The summed E-state index contributed by atoms with van der Waals surface area (Å²) in [5.41, 5.74) is 7.25. The van der Waals surface area contributed by atoms with Gasteiger partial charge in [-0.15, -0.1) is 0 Å². The lowest BCUT2D eigenvalue weighted by Gasteiger charge is -2.13. The van der Waals surface area contributed by atoms with E-state index in [1.54, 1.807) is 31.2 Å². The Labute approximate surface area is 122 Å². The third kappa shape index (κ3) is 3.37. The average Bonchev–Trinajstić information content (AvgIpc) is 2.48. The molecule has 21 heavy (non-hydrogen) atoms. The van der Waals surface area contributed by atoms with E-state index in [1.807, 2.05) is 6.07 Å². The average molecular weight is 283 g/mol. The van der Waals surface area contributed by atoms with E-state index in [4.69, 9.17) is 11.0 Å². The van der Waals surface area contributed by atoms with Crippen molar-refractivity contribution in [3.8, 4) is 6.07 Å². The van der Waals surface area contributed by atoms with E-state index in [0.29, 0.717) is 5.69 Å². The molecule has 1 atom stereocenters. The molecule has 4 nitrogen and oxygen atoms in total. The molecule has 2 aromatic carbocycles. The molecule has 0 saturated carbocycles. The van der Waals surface area contributed by atoms with Crippen molar-refractivity contribution >= 4 is 17.3 Å². The first-order valence-electron chi connectivity index (χ1n) is 6.37. The van der Waals surface area contributed by atoms with Crippen molar-refractivity contribution in [2.45, 2.75) is 12.8 Å². The van der Waals surface area contributed by atoms with Crippen molar-refractivity contribution < 1.29 is 9.18 Å². The number of nitrogen functional groups attached to an aromatic ring is 1. The number of rotatable bonds is 3. The van der Waals surface area contributed by atoms with E-state index >= 15 is 0 Å². The Morgan fingerprint density at radius 3 is 2.71 bits per heavy atom. The van der Waals surface area contributed by atoms with Crippen LogP contribution in [0.2, 0.25) is 0 Å². The molecule has 0 aliphatic carbocycles. The largest absolute Gasteiger partial charge is 0.399 e. The zero-order valence-electron chi connectivity index (χ0n) is 11.4. The topological polar surface area (TPSA) is 78.9 Å². The zero-order valence-corrected chi connectivity index (χ0v) is 11.4. The maximum absolute atomic E-state index is 13.7. The Balaban J connectivity index is 2.16. The van der Waals surface area contributed by atoms with Gasteiger partial charge in [0.1, 0.15) is 5.82 Å². The smallest absolute Gasteiger partial charge is 0.231 e. The fourth-order valence-corrected chi connectivity index (χ4v) is 1.91. The van der Waals surface area contributed by atoms with E-state index in [-0.39, 0.29) is 17.2 Å². The number of anilines is 2. The normalized spacial score (nSPS) is 11.5. The maximum Gasteiger partial charge on any atom is 0.231 e. The highest BCUT2D eigenvalue weighted by Crippen LogP contribution is 2.21. The van der Waals surface area contributed by atoms with Crippen LogP contribution in [0.15, 0.2) is 42.5 Å². The lowest BCUT2D eigenvalue weighted by atomic mass is 9.99. The van der Waals surface area contributed by atoms with Crippen LogP contribution in [-0.2, 0) is 4.79 Å². The Morgan fingerprint density at radius 2 is 2.10 bits per heavy atom. The SMILES string of the molecule is CC(C(=O)Nc1ccc(C#N)cc1F)c1cccc(N)c1. The number of hydrogen-bond donors (Lipinski definition) is 2. The number of carbonyl (C=O) groups excluding carboxylic acids is 1. The minimum absolute atomic E-state index is 0.0507. The summed E-state index contributed by atoms with van der Waals surface area (Å²) in [5, 5.41) is 11.2. The molecular formula is C16H14FN3O. The number of nitrogens with one attached hydrogen (secondary N) is 1. The first kappa shape index (κ1) is 14.5. The first-order chi connectivity index (χ1) is 10.0. The Morgan fingerprint density at radius 1 is 1.33 bits per heavy atom. The van der Waals surface area contributed by atoms with Crippen LogP contribution in [0.5, 0.6) is 0 Å². The monoisotopic (exact) mass is 283 g/mol. The standard InChI is InChI=1S/C16H14FN3O/c1-10(12-3-2-4-13(19)8-12)16(21)20-15-6-5-11(9-18)7-14(15)17/h2-8,10H,19H2,1H3,(H,20,21). The molecule has 0 heterocycles. The van der Waals surface area contributed by atoms with Gasteiger partial charge >= 0.3 is 0 Å². The molecule has 0 fully saturated rings. The number of carbonyl (C=O) groups is 1. The van der Waals surface area contributed by atoms with Gasteiger partial charge in [-0.2, -0.15) is 5.26 Å². The van der Waals surface area contributed by atoms with Crippen LogP contribution < -0.4 is 11.1 Å². The lowest BCUT2D eigenvalue weighted by Crippen LogP contribution is -2.19. The van der Waals surface area contributed by atoms with E-state index in [9.17, 15) is 9.18 Å². The summed E-state index contributed by atoms with van der Waals surface area (Å²) in [4.78, 5) is 12.1. The minimum Gasteiger partial charge on any atom is -0.399 e. The van der Waals surface area contributed by atoms with Crippen molar-refractivity contribution in [1.82, 2.24) is 0 Å². The highest BCUT2D eigenvalue weighted by molar-refractivity contribution is 5.95. The van der Waals surface area contributed by atoms with Gasteiger partial charge in [-0.1, -0.05) is 12.1 Å². The van der Waals surface area contributed by atoms with Crippen LogP contribution in [0.1, 0.15) is 24.0 Å². The second kappa shape index (κ2) is 6.06. The summed E-state index contributed by atoms with van der Waals surface area (Å²) in [7, 11) is 0. The van der Waals surface area contributed by atoms with Gasteiger partial charge in [0.15, 0.2) is 0 Å². The highest BCUT2D eigenvalue weighted by Gasteiger charge is 2.17. The van der Waals surface area contributed by atoms with Crippen molar-refractivity contribution in [2.75, 3.05) is 11.1 Å². The van der Waals surface area contributed by atoms with Gasteiger partial charge in [0.05, 0.1) is 23.2 Å². The van der Waals surface area contributed by atoms with Crippen molar-refractivity contribution in [1.29, 1.82) is 5.26 Å². The molecule has 2 rings (SSSR count). The molecule has 5 heteroatoms. The van der Waals surface area contributed by atoms with Crippen LogP contribution in [0.3, 0.4) is 0 Å². The van der Waals surface area contributed by atoms with Gasteiger partial charge in [0.25, 0.3) is 0 Å². The van der Waals surface area contributed by atoms with Gasteiger partial charge in [-0.25, -0.2) is 4.39 Å². The van der Waals surface area contributed by atoms with E-state index in [2.05, 4.69) is 5.32 Å². The number of nitriles is 1. The lowest BCUT2D eigenvalue weighted by molar-refractivity contribution is -0.117. The minimum atomic E-state index is -0.637. The summed E-state index contributed by atoms with van der Waals surface area (Å²) < 4.78 is 13.7. The molecule has 2 aromatic rings. The molecule has 1 unspecified atom stereocenters. The Hall–Kier alpha value is -2.87. The quantitative estimate of drug-likeness (QED) is 0.850. The molecule has 0 aliphatic heterocycles. The number of nitrogens with two attached hydrogens (primary N) is 1. The molecule has 0 spiro atoms. The van der Waals surface area contributed by atoms with Crippen molar-refractivity contribution in [3.63, 3.8) is 0 Å². The van der Waals surface area contributed by atoms with Crippen molar-refractivity contribution in [3.05, 3.63) is 59.4 Å². The third-order valence-electron chi connectivity index (χ3n) is 3.16. The van der Waals surface area contributed by atoms with Gasteiger partial charge in [-0.05, 0) is 42.8 Å².